The molecule has 0 spiro atoms. The molecular weight excluding hydrogens is 400 g/mol. The van der Waals surface area contributed by atoms with E-state index in [1.807, 2.05) is 18.2 Å². The van der Waals surface area contributed by atoms with Crippen LogP contribution in [0, 0.1) is 5.92 Å². The lowest BCUT2D eigenvalue weighted by Crippen LogP contribution is -2.15. The zero-order valence-corrected chi connectivity index (χ0v) is 19.0. The minimum Gasteiger partial charge on any atom is -0.419 e. The molecule has 32 heavy (non-hydrogen) atoms. The zero-order valence-electron chi connectivity index (χ0n) is 19.0. The lowest BCUT2D eigenvalue weighted by atomic mass is 9.97. The molecule has 3 rings (SSSR count). The summed E-state index contributed by atoms with van der Waals surface area (Å²) in [6.45, 7) is 6.36. The second-order valence-electron chi connectivity index (χ2n) is 8.29. The van der Waals surface area contributed by atoms with Gasteiger partial charge in [-0.3, -0.25) is 0 Å². The molecule has 166 valence electrons. The maximum atomic E-state index is 12.9. The molecule has 0 fully saturated rings. The van der Waals surface area contributed by atoms with Gasteiger partial charge in [0.25, 0.3) is 0 Å². The van der Waals surface area contributed by atoms with Crippen molar-refractivity contribution in [1.82, 2.24) is 0 Å². The van der Waals surface area contributed by atoms with E-state index in [1.165, 1.54) is 0 Å². The molecule has 0 atom stereocenters. The highest BCUT2D eigenvalue weighted by molar-refractivity contribution is 5.93. The molecule has 0 saturated heterocycles. The summed E-state index contributed by atoms with van der Waals surface area (Å²) in [6.07, 6.45) is 3.65. The molecule has 0 aliphatic heterocycles. The number of rotatable bonds is 9. The van der Waals surface area contributed by atoms with Crippen molar-refractivity contribution in [2.75, 3.05) is 0 Å². The molecule has 0 radical (unpaired) electrons. The van der Waals surface area contributed by atoms with Crippen LogP contribution in [0.15, 0.2) is 72.8 Å². The van der Waals surface area contributed by atoms with Crippen LogP contribution >= 0.6 is 0 Å². The van der Waals surface area contributed by atoms with Crippen molar-refractivity contribution < 1.29 is 19.1 Å². The highest BCUT2D eigenvalue weighted by Gasteiger charge is 2.21. The van der Waals surface area contributed by atoms with Gasteiger partial charge in [0.15, 0.2) is 11.5 Å². The number of carbonyl (C=O) groups excluding carboxylic acids is 2. The molecule has 4 heteroatoms. The van der Waals surface area contributed by atoms with Crippen LogP contribution in [0.4, 0.5) is 0 Å². The molecule has 4 nitrogen and oxygen atoms in total. The van der Waals surface area contributed by atoms with E-state index >= 15 is 0 Å². The lowest BCUT2D eigenvalue weighted by Gasteiger charge is -2.18. The summed E-state index contributed by atoms with van der Waals surface area (Å²) >= 11 is 0. The third-order valence-electron chi connectivity index (χ3n) is 5.06. The predicted octanol–water partition coefficient (Wildman–Crippen LogP) is 6.67. The molecule has 0 aliphatic carbocycles. The number of aryl methyl sites for hydroxylation is 1. The average Bonchev–Trinajstić information content (AvgIpc) is 2.80. The minimum absolute atomic E-state index is 0.285. The van der Waals surface area contributed by atoms with E-state index in [0.717, 1.165) is 30.4 Å². The zero-order chi connectivity index (χ0) is 22.9. The van der Waals surface area contributed by atoms with E-state index in [1.54, 1.807) is 48.5 Å². The summed E-state index contributed by atoms with van der Waals surface area (Å²) in [7, 11) is 0. The van der Waals surface area contributed by atoms with Crippen molar-refractivity contribution >= 4 is 11.9 Å². The Labute approximate surface area is 190 Å². The van der Waals surface area contributed by atoms with E-state index in [9.17, 15) is 9.59 Å². The molecule has 0 bridgehead atoms. The first kappa shape index (κ1) is 23.3. The van der Waals surface area contributed by atoms with Crippen molar-refractivity contribution in [3.63, 3.8) is 0 Å². The van der Waals surface area contributed by atoms with E-state index in [-0.39, 0.29) is 5.75 Å². The van der Waals surface area contributed by atoms with Gasteiger partial charge in [-0.1, -0.05) is 69.7 Å². The summed E-state index contributed by atoms with van der Waals surface area (Å²) in [5.74, 6) is -0.0209. The SMILES string of the molecule is CCCCc1cc(CC(C)C)c(OC(=O)c2ccccc2)c(OC(=O)c2ccccc2)c1. The molecule has 3 aromatic carbocycles. The number of hydrogen-bond donors (Lipinski definition) is 0. The van der Waals surface area contributed by atoms with Crippen LogP contribution in [0.2, 0.25) is 0 Å². The molecule has 3 aromatic rings. The summed E-state index contributed by atoms with van der Waals surface area (Å²) in [6, 6.07) is 21.5. The van der Waals surface area contributed by atoms with Gasteiger partial charge in [0.2, 0.25) is 0 Å². The molecule has 0 aliphatic rings. The van der Waals surface area contributed by atoms with Gasteiger partial charge in [-0.2, -0.15) is 0 Å². The summed E-state index contributed by atoms with van der Waals surface area (Å²) in [4.78, 5) is 25.7. The number of ether oxygens (including phenoxy) is 2. The van der Waals surface area contributed by atoms with E-state index in [2.05, 4.69) is 26.8 Å². The average molecular weight is 431 g/mol. The maximum Gasteiger partial charge on any atom is 0.343 e. The monoisotopic (exact) mass is 430 g/mol. The highest BCUT2D eigenvalue weighted by Crippen LogP contribution is 2.36. The first-order valence-corrected chi connectivity index (χ1v) is 11.2. The molecule has 0 unspecified atom stereocenters. The van der Waals surface area contributed by atoms with Crippen molar-refractivity contribution in [2.45, 2.75) is 46.5 Å². The second-order valence-corrected chi connectivity index (χ2v) is 8.29. The van der Waals surface area contributed by atoms with Gasteiger partial charge < -0.3 is 9.47 Å². The van der Waals surface area contributed by atoms with E-state index in [0.29, 0.717) is 29.2 Å². The van der Waals surface area contributed by atoms with Crippen LogP contribution in [0.3, 0.4) is 0 Å². The van der Waals surface area contributed by atoms with Crippen LogP contribution < -0.4 is 9.47 Å². The molecule has 0 amide bonds. The third kappa shape index (κ3) is 6.30. The largest absolute Gasteiger partial charge is 0.419 e. The second kappa shape index (κ2) is 11.3. The van der Waals surface area contributed by atoms with Gasteiger partial charge in [0, 0.05) is 0 Å². The molecule has 0 saturated carbocycles. The van der Waals surface area contributed by atoms with Gasteiger partial charge in [0.1, 0.15) is 0 Å². The maximum absolute atomic E-state index is 12.9. The Bertz CT molecular complexity index is 1040. The smallest absolute Gasteiger partial charge is 0.343 e. The lowest BCUT2D eigenvalue weighted by molar-refractivity contribution is 0.0680. The van der Waals surface area contributed by atoms with Crippen molar-refractivity contribution in [3.8, 4) is 11.5 Å². The Hall–Kier alpha value is -3.40. The van der Waals surface area contributed by atoms with Crippen LogP contribution in [-0.2, 0) is 12.8 Å². The molecule has 0 heterocycles. The fraction of sp³-hybridized carbons (Fsp3) is 0.286. The topological polar surface area (TPSA) is 52.6 Å². The van der Waals surface area contributed by atoms with E-state index in [4.69, 9.17) is 9.47 Å². The number of hydrogen-bond acceptors (Lipinski definition) is 4. The van der Waals surface area contributed by atoms with Crippen LogP contribution in [0.25, 0.3) is 0 Å². The summed E-state index contributed by atoms with van der Waals surface area (Å²) < 4.78 is 11.6. The Kier molecular flexibility index (Phi) is 8.20. The molecular formula is C28H30O4. The quantitative estimate of drug-likeness (QED) is 0.281. The standard InChI is InChI=1S/C28H30O4/c1-4-5-12-21-18-24(17-20(2)3)26(32-28(30)23-15-10-7-11-16-23)25(19-21)31-27(29)22-13-8-6-9-14-22/h6-11,13-16,18-20H,4-5,12,17H2,1-3H3. The number of carbonyl (C=O) groups is 2. The van der Waals surface area contributed by atoms with Gasteiger partial charge in [-0.15, -0.1) is 0 Å². The van der Waals surface area contributed by atoms with Gasteiger partial charge in [-0.25, -0.2) is 9.59 Å². The van der Waals surface area contributed by atoms with Crippen molar-refractivity contribution in [3.05, 3.63) is 95.1 Å². The Morgan fingerprint density at radius 3 is 1.91 bits per heavy atom. The van der Waals surface area contributed by atoms with Crippen LogP contribution in [0.5, 0.6) is 11.5 Å². The Balaban J connectivity index is 2.02. The molecule has 0 aromatic heterocycles. The van der Waals surface area contributed by atoms with Crippen LogP contribution in [-0.4, -0.2) is 11.9 Å². The normalized spacial score (nSPS) is 10.8. The van der Waals surface area contributed by atoms with Gasteiger partial charge >= 0.3 is 11.9 Å². The minimum atomic E-state index is -0.481. The van der Waals surface area contributed by atoms with Crippen molar-refractivity contribution in [1.29, 1.82) is 0 Å². The summed E-state index contributed by atoms with van der Waals surface area (Å²) in [5.41, 5.74) is 2.82. The Morgan fingerprint density at radius 2 is 1.38 bits per heavy atom. The number of esters is 2. The summed E-state index contributed by atoms with van der Waals surface area (Å²) in [5, 5.41) is 0. The van der Waals surface area contributed by atoms with Crippen LogP contribution in [0.1, 0.15) is 65.5 Å². The fourth-order valence-electron chi connectivity index (χ4n) is 3.49. The fourth-order valence-corrected chi connectivity index (χ4v) is 3.49. The number of benzene rings is 3. The van der Waals surface area contributed by atoms with Crippen molar-refractivity contribution in [2.24, 2.45) is 5.92 Å². The van der Waals surface area contributed by atoms with E-state index < -0.39 is 11.9 Å². The van der Waals surface area contributed by atoms with Gasteiger partial charge in [-0.05, 0) is 66.6 Å². The highest BCUT2D eigenvalue weighted by atomic mass is 16.6. The number of unbranched alkanes of at least 4 members (excludes halogenated alkanes) is 1. The molecule has 0 N–H and O–H groups in total. The predicted molar refractivity (Wildman–Crippen MR) is 126 cm³/mol. The third-order valence-corrected chi connectivity index (χ3v) is 5.06. The first-order chi connectivity index (χ1) is 15.5. The van der Waals surface area contributed by atoms with Gasteiger partial charge in [0.05, 0.1) is 11.1 Å². The Morgan fingerprint density at radius 1 is 0.812 bits per heavy atom. The first-order valence-electron chi connectivity index (χ1n) is 11.2.